The Hall–Kier alpha value is -0.870. The first kappa shape index (κ1) is 9.68. The first-order chi connectivity index (χ1) is 6.77. The third-order valence-corrected chi connectivity index (χ3v) is 3.35. The van der Waals surface area contributed by atoms with Gasteiger partial charge in [0.2, 0.25) is 0 Å². The summed E-state index contributed by atoms with van der Waals surface area (Å²) in [5, 5.41) is 4.93. The van der Waals surface area contributed by atoms with Gasteiger partial charge in [-0.3, -0.25) is 4.21 Å². The number of benzene rings is 1. The normalized spacial score (nSPS) is 21.2. The average molecular weight is 230 g/mol. The highest BCUT2D eigenvalue weighted by molar-refractivity contribution is 8.01. The highest BCUT2D eigenvalue weighted by atomic mass is 35.5. The molecule has 0 amide bonds. The van der Waals surface area contributed by atoms with Crippen LogP contribution in [0.1, 0.15) is 5.56 Å². The molecule has 0 bridgehead atoms. The van der Waals surface area contributed by atoms with E-state index in [9.17, 15) is 4.21 Å². The van der Waals surface area contributed by atoms with Gasteiger partial charge in [0.25, 0.3) is 0 Å². The minimum Gasteiger partial charge on any atom is -0.394 e. The van der Waals surface area contributed by atoms with E-state index in [0.717, 1.165) is 5.56 Å². The number of nitrogens with zero attached hydrogens (tertiary/aromatic N) is 1. The SMILES string of the molecule is O=S1CCON=C1c1ccc(Cl)cc1. The summed E-state index contributed by atoms with van der Waals surface area (Å²) < 4.78 is 11.5. The van der Waals surface area contributed by atoms with E-state index in [2.05, 4.69) is 5.16 Å². The maximum absolute atomic E-state index is 11.5. The zero-order valence-electron chi connectivity index (χ0n) is 7.27. The van der Waals surface area contributed by atoms with Crippen molar-refractivity contribution in [3.63, 3.8) is 0 Å². The van der Waals surface area contributed by atoms with Crippen LogP contribution in [-0.2, 0) is 15.6 Å². The van der Waals surface area contributed by atoms with Gasteiger partial charge in [-0.1, -0.05) is 28.9 Å². The summed E-state index contributed by atoms with van der Waals surface area (Å²) in [6, 6.07) is 7.05. The first-order valence-electron chi connectivity index (χ1n) is 4.11. The van der Waals surface area contributed by atoms with Gasteiger partial charge in [0.1, 0.15) is 6.61 Å². The van der Waals surface area contributed by atoms with Gasteiger partial charge >= 0.3 is 0 Å². The van der Waals surface area contributed by atoms with Gasteiger partial charge in [-0.25, -0.2) is 0 Å². The largest absolute Gasteiger partial charge is 0.394 e. The minimum absolute atomic E-state index is 0.420. The molecule has 74 valence electrons. The predicted octanol–water partition coefficient (Wildman–Crippen LogP) is 1.78. The lowest BCUT2D eigenvalue weighted by atomic mass is 10.2. The van der Waals surface area contributed by atoms with Gasteiger partial charge in [-0.2, -0.15) is 0 Å². The Morgan fingerprint density at radius 3 is 2.71 bits per heavy atom. The van der Waals surface area contributed by atoms with Gasteiger partial charge in [0, 0.05) is 10.6 Å². The summed E-state index contributed by atoms with van der Waals surface area (Å²) in [4.78, 5) is 4.90. The molecule has 5 heteroatoms. The topological polar surface area (TPSA) is 38.7 Å². The van der Waals surface area contributed by atoms with Crippen molar-refractivity contribution in [3.8, 4) is 0 Å². The predicted molar refractivity (Wildman–Crippen MR) is 57.0 cm³/mol. The molecule has 0 aromatic heterocycles. The van der Waals surface area contributed by atoms with Crippen molar-refractivity contribution in [1.82, 2.24) is 0 Å². The van der Waals surface area contributed by atoms with Crippen LogP contribution in [0.3, 0.4) is 0 Å². The molecule has 1 aromatic carbocycles. The van der Waals surface area contributed by atoms with Crippen LogP contribution in [0.2, 0.25) is 5.02 Å². The lowest BCUT2D eigenvalue weighted by Gasteiger charge is -2.11. The van der Waals surface area contributed by atoms with Gasteiger partial charge < -0.3 is 4.84 Å². The third kappa shape index (κ3) is 1.96. The number of rotatable bonds is 1. The summed E-state index contributed by atoms with van der Waals surface area (Å²) >= 11 is 5.74. The molecule has 1 aliphatic heterocycles. The van der Waals surface area contributed by atoms with Crippen LogP contribution < -0.4 is 0 Å². The van der Waals surface area contributed by atoms with Gasteiger partial charge in [0.05, 0.1) is 16.6 Å². The van der Waals surface area contributed by atoms with Crippen LogP contribution in [0.15, 0.2) is 29.4 Å². The van der Waals surface area contributed by atoms with Crippen LogP contribution in [0, 0.1) is 0 Å². The lowest BCUT2D eigenvalue weighted by molar-refractivity contribution is 0.159. The Morgan fingerprint density at radius 1 is 1.36 bits per heavy atom. The molecule has 0 radical (unpaired) electrons. The van der Waals surface area contributed by atoms with Crippen molar-refractivity contribution in [2.45, 2.75) is 0 Å². The quantitative estimate of drug-likeness (QED) is 0.736. The van der Waals surface area contributed by atoms with Crippen LogP contribution in [-0.4, -0.2) is 21.6 Å². The molecule has 1 aliphatic rings. The third-order valence-electron chi connectivity index (χ3n) is 1.81. The molecule has 0 saturated carbocycles. The zero-order chi connectivity index (χ0) is 9.97. The molecule has 0 N–H and O–H groups in total. The van der Waals surface area contributed by atoms with Crippen molar-refractivity contribution < 1.29 is 9.05 Å². The Balaban J connectivity index is 2.34. The van der Waals surface area contributed by atoms with Crippen LogP contribution in [0.5, 0.6) is 0 Å². The molecule has 2 rings (SSSR count). The molecular weight excluding hydrogens is 222 g/mol. The van der Waals surface area contributed by atoms with Crippen molar-refractivity contribution in [2.75, 3.05) is 12.4 Å². The smallest absolute Gasteiger partial charge is 0.173 e. The van der Waals surface area contributed by atoms with Crippen molar-refractivity contribution in [2.24, 2.45) is 5.16 Å². The van der Waals surface area contributed by atoms with E-state index in [1.165, 1.54) is 0 Å². The molecule has 1 heterocycles. The first-order valence-corrected chi connectivity index (χ1v) is 5.81. The summed E-state index contributed by atoms with van der Waals surface area (Å²) in [7, 11) is -1.05. The Morgan fingerprint density at radius 2 is 2.07 bits per heavy atom. The Bertz CT molecular complexity index is 388. The lowest BCUT2D eigenvalue weighted by Crippen LogP contribution is -2.20. The summed E-state index contributed by atoms with van der Waals surface area (Å²) in [6.45, 7) is 0.420. The molecule has 0 saturated heterocycles. The molecule has 0 aliphatic carbocycles. The molecular formula is C9H8ClNO2S. The number of hydrogen-bond donors (Lipinski definition) is 0. The van der Waals surface area contributed by atoms with Crippen LogP contribution in [0.4, 0.5) is 0 Å². The average Bonchev–Trinajstić information content (AvgIpc) is 2.20. The van der Waals surface area contributed by atoms with E-state index >= 15 is 0 Å². The summed E-state index contributed by atoms with van der Waals surface area (Å²) in [6.07, 6.45) is 0. The Kier molecular flexibility index (Phi) is 2.84. The molecule has 3 nitrogen and oxygen atoms in total. The van der Waals surface area contributed by atoms with Gasteiger partial charge in [-0.15, -0.1) is 0 Å². The minimum atomic E-state index is -1.05. The number of halogens is 1. The second-order valence-electron chi connectivity index (χ2n) is 2.79. The highest BCUT2D eigenvalue weighted by Gasteiger charge is 2.16. The number of oxime groups is 1. The van der Waals surface area contributed by atoms with Crippen molar-refractivity contribution >= 4 is 27.4 Å². The Labute approximate surface area is 89.2 Å². The molecule has 14 heavy (non-hydrogen) atoms. The summed E-state index contributed by atoms with van der Waals surface area (Å²) in [5.74, 6) is 0.501. The monoisotopic (exact) mass is 229 g/mol. The van der Waals surface area contributed by atoms with E-state index < -0.39 is 10.8 Å². The fraction of sp³-hybridized carbons (Fsp3) is 0.222. The molecule has 1 unspecified atom stereocenters. The second-order valence-corrected chi connectivity index (χ2v) is 4.71. The van der Waals surface area contributed by atoms with Crippen LogP contribution >= 0.6 is 11.6 Å². The van der Waals surface area contributed by atoms with E-state index in [0.29, 0.717) is 22.4 Å². The highest BCUT2D eigenvalue weighted by Crippen LogP contribution is 2.13. The van der Waals surface area contributed by atoms with E-state index in [4.69, 9.17) is 16.4 Å². The van der Waals surface area contributed by atoms with E-state index in [1.807, 2.05) is 0 Å². The maximum Gasteiger partial charge on any atom is 0.173 e. The van der Waals surface area contributed by atoms with Gasteiger partial charge in [-0.05, 0) is 12.1 Å². The molecule has 1 atom stereocenters. The van der Waals surface area contributed by atoms with Crippen molar-refractivity contribution in [1.29, 1.82) is 0 Å². The van der Waals surface area contributed by atoms with E-state index in [1.54, 1.807) is 24.3 Å². The molecule has 0 fully saturated rings. The molecule has 0 spiro atoms. The zero-order valence-corrected chi connectivity index (χ0v) is 8.85. The fourth-order valence-corrected chi connectivity index (χ4v) is 2.21. The van der Waals surface area contributed by atoms with Crippen molar-refractivity contribution in [3.05, 3.63) is 34.9 Å². The summed E-state index contributed by atoms with van der Waals surface area (Å²) in [5.41, 5.74) is 0.799. The standard InChI is InChI=1S/C9H8ClNO2S/c10-8-3-1-7(2-4-8)9-11-13-5-6-14(9)12/h1-4H,5-6H2. The number of hydrogen-bond acceptors (Lipinski definition) is 3. The fourth-order valence-electron chi connectivity index (χ4n) is 1.13. The van der Waals surface area contributed by atoms with Crippen LogP contribution in [0.25, 0.3) is 0 Å². The molecule has 1 aromatic rings. The van der Waals surface area contributed by atoms with Gasteiger partial charge in [0.15, 0.2) is 5.04 Å². The maximum atomic E-state index is 11.5. The van der Waals surface area contributed by atoms with E-state index in [-0.39, 0.29) is 0 Å². The second kappa shape index (κ2) is 4.11.